The molecule has 0 fully saturated rings. The van der Waals surface area contributed by atoms with Crippen molar-refractivity contribution in [3.05, 3.63) is 54.1 Å². The summed E-state index contributed by atoms with van der Waals surface area (Å²) in [6.45, 7) is -3.07. The van der Waals surface area contributed by atoms with Crippen LogP contribution in [0.15, 0.2) is 53.4 Å². The highest BCUT2D eigenvalue weighted by Gasteiger charge is 2.14. The highest BCUT2D eigenvalue weighted by atomic mass is 32.2. The molecule has 10 heteroatoms. The second kappa shape index (κ2) is 8.60. The number of nitrogens with two attached hydrogens (primary N) is 1. The van der Waals surface area contributed by atoms with Gasteiger partial charge in [-0.05, 0) is 30.3 Å². The number of rotatable bonds is 7. The minimum atomic E-state index is -3.91. The van der Waals surface area contributed by atoms with Crippen LogP contribution < -0.4 is 19.9 Å². The Labute approximate surface area is 154 Å². The number of alkyl halides is 2. The van der Waals surface area contributed by atoms with E-state index in [1.807, 2.05) is 0 Å². The van der Waals surface area contributed by atoms with E-state index in [-0.39, 0.29) is 27.6 Å². The van der Waals surface area contributed by atoms with E-state index < -0.39 is 22.5 Å². The van der Waals surface area contributed by atoms with Crippen LogP contribution >= 0.6 is 0 Å². The first-order valence-corrected chi connectivity index (χ1v) is 8.99. The standard InChI is InChI=1S/C17H16F2N2O5S/c1-25-14-7-2-4-11(16(14)26-17(18)19)8-9-15(22)21-12-5-3-6-13(10-12)27(20,23)24/h2-10,17H,1H3,(H,21,22)(H2,20,23,24)/b9-8+. The summed E-state index contributed by atoms with van der Waals surface area (Å²) in [5.74, 6) is -0.749. The van der Waals surface area contributed by atoms with E-state index in [4.69, 9.17) is 9.88 Å². The van der Waals surface area contributed by atoms with Crippen LogP contribution in [-0.4, -0.2) is 28.0 Å². The molecule has 0 aliphatic rings. The van der Waals surface area contributed by atoms with E-state index in [0.717, 1.165) is 6.08 Å². The third kappa shape index (κ3) is 5.76. The molecule has 27 heavy (non-hydrogen) atoms. The number of nitrogens with one attached hydrogen (secondary N) is 1. The zero-order chi connectivity index (χ0) is 20.0. The number of carbonyl (C=O) groups is 1. The normalized spacial score (nSPS) is 11.6. The molecule has 0 aliphatic carbocycles. The predicted molar refractivity (Wildman–Crippen MR) is 95.1 cm³/mol. The van der Waals surface area contributed by atoms with Gasteiger partial charge in [0.15, 0.2) is 11.5 Å². The molecule has 0 aliphatic heterocycles. The molecule has 2 aromatic carbocycles. The molecule has 144 valence electrons. The van der Waals surface area contributed by atoms with Crippen molar-refractivity contribution in [2.24, 2.45) is 5.14 Å². The summed E-state index contributed by atoms with van der Waals surface area (Å²) in [5, 5.41) is 7.48. The van der Waals surface area contributed by atoms with Gasteiger partial charge in [0, 0.05) is 17.3 Å². The van der Waals surface area contributed by atoms with Crippen LogP contribution in [0.25, 0.3) is 6.08 Å². The van der Waals surface area contributed by atoms with Crippen molar-refractivity contribution in [2.45, 2.75) is 11.5 Å². The number of benzene rings is 2. The molecule has 0 saturated carbocycles. The van der Waals surface area contributed by atoms with E-state index >= 15 is 0 Å². The van der Waals surface area contributed by atoms with Gasteiger partial charge in [0.2, 0.25) is 15.9 Å². The fraction of sp³-hybridized carbons (Fsp3) is 0.118. The predicted octanol–water partition coefficient (Wildman–Crippen LogP) is 2.60. The first-order chi connectivity index (χ1) is 12.7. The SMILES string of the molecule is COc1cccc(/C=C/C(=O)Nc2cccc(S(N)(=O)=O)c2)c1OC(F)F. The number of methoxy groups -OCH3 is 1. The lowest BCUT2D eigenvalue weighted by Gasteiger charge is -2.12. The van der Waals surface area contributed by atoms with Gasteiger partial charge in [0.05, 0.1) is 12.0 Å². The van der Waals surface area contributed by atoms with Crippen LogP contribution in [-0.2, 0) is 14.8 Å². The number of primary sulfonamides is 1. The molecule has 0 bridgehead atoms. The van der Waals surface area contributed by atoms with E-state index in [1.54, 1.807) is 6.07 Å². The molecule has 0 radical (unpaired) electrons. The number of halogens is 2. The number of amides is 1. The van der Waals surface area contributed by atoms with Crippen molar-refractivity contribution >= 4 is 27.7 Å². The second-order valence-electron chi connectivity index (χ2n) is 5.15. The maximum Gasteiger partial charge on any atom is 0.387 e. The lowest BCUT2D eigenvalue weighted by atomic mass is 10.1. The van der Waals surface area contributed by atoms with Gasteiger partial charge >= 0.3 is 6.61 Å². The summed E-state index contributed by atoms with van der Waals surface area (Å²) in [5.41, 5.74) is 0.397. The van der Waals surface area contributed by atoms with E-state index in [9.17, 15) is 22.0 Å². The molecule has 3 N–H and O–H groups in total. The number of hydrogen-bond acceptors (Lipinski definition) is 5. The van der Waals surface area contributed by atoms with Gasteiger partial charge in [0.25, 0.3) is 0 Å². The topological polar surface area (TPSA) is 108 Å². The molecule has 0 aromatic heterocycles. The summed E-state index contributed by atoms with van der Waals surface area (Å²) < 4.78 is 57.3. The van der Waals surface area contributed by atoms with Crippen molar-refractivity contribution in [2.75, 3.05) is 12.4 Å². The first kappa shape index (κ1) is 20.3. The van der Waals surface area contributed by atoms with Crippen molar-refractivity contribution < 1.29 is 31.5 Å². The highest BCUT2D eigenvalue weighted by molar-refractivity contribution is 7.89. The highest BCUT2D eigenvalue weighted by Crippen LogP contribution is 2.33. The summed E-state index contributed by atoms with van der Waals surface area (Å²) in [6.07, 6.45) is 2.34. The number of anilines is 1. The monoisotopic (exact) mass is 398 g/mol. The van der Waals surface area contributed by atoms with E-state index in [0.29, 0.717) is 0 Å². The average molecular weight is 398 g/mol. The molecule has 0 spiro atoms. The summed E-state index contributed by atoms with van der Waals surface area (Å²) >= 11 is 0. The number of para-hydroxylation sites is 1. The third-order valence-corrected chi connectivity index (χ3v) is 4.19. The Morgan fingerprint density at radius 2 is 1.93 bits per heavy atom. The molecular formula is C17H16F2N2O5S. The third-order valence-electron chi connectivity index (χ3n) is 3.28. The smallest absolute Gasteiger partial charge is 0.387 e. The molecule has 2 rings (SSSR count). The molecule has 7 nitrogen and oxygen atoms in total. The van der Waals surface area contributed by atoms with Crippen LogP contribution in [0.4, 0.5) is 14.5 Å². The molecule has 0 atom stereocenters. The fourth-order valence-corrected chi connectivity index (χ4v) is 2.70. The summed E-state index contributed by atoms with van der Waals surface area (Å²) in [4.78, 5) is 11.9. The molecule has 1 amide bonds. The maximum absolute atomic E-state index is 12.6. The van der Waals surface area contributed by atoms with Crippen molar-refractivity contribution in [1.29, 1.82) is 0 Å². The lowest BCUT2D eigenvalue weighted by molar-refractivity contribution is -0.111. The Morgan fingerprint density at radius 3 is 2.56 bits per heavy atom. The van der Waals surface area contributed by atoms with Crippen LogP contribution in [0.3, 0.4) is 0 Å². The molecule has 2 aromatic rings. The number of hydrogen-bond donors (Lipinski definition) is 2. The van der Waals surface area contributed by atoms with Crippen LogP contribution in [0.5, 0.6) is 11.5 Å². The minimum absolute atomic E-state index is 0.0821. The van der Waals surface area contributed by atoms with Crippen LogP contribution in [0.2, 0.25) is 0 Å². The van der Waals surface area contributed by atoms with Crippen molar-refractivity contribution in [3.63, 3.8) is 0 Å². The molecule has 0 heterocycles. The van der Waals surface area contributed by atoms with E-state index in [1.165, 1.54) is 49.6 Å². The molecule has 0 saturated heterocycles. The summed E-state index contributed by atoms with van der Waals surface area (Å²) in [7, 11) is -2.61. The maximum atomic E-state index is 12.6. The van der Waals surface area contributed by atoms with Gasteiger partial charge in [0.1, 0.15) is 0 Å². The second-order valence-corrected chi connectivity index (χ2v) is 6.71. The van der Waals surface area contributed by atoms with Gasteiger partial charge in [-0.1, -0.05) is 18.2 Å². The lowest BCUT2D eigenvalue weighted by Crippen LogP contribution is -2.13. The van der Waals surface area contributed by atoms with Crippen molar-refractivity contribution in [3.8, 4) is 11.5 Å². The Morgan fingerprint density at radius 1 is 1.22 bits per heavy atom. The quantitative estimate of drug-likeness (QED) is 0.697. The Balaban J connectivity index is 2.20. The largest absolute Gasteiger partial charge is 0.493 e. The number of ether oxygens (including phenoxy) is 2. The van der Waals surface area contributed by atoms with Gasteiger partial charge < -0.3 is 14.8 Å². The molecule has 0 unspecified atom stereocenters. The van der Waals surface area contributed by atoms with Crippen LogP contribution in [0, 0.1) is 0 Å². The van der Waals surface area contributed by atoms with Crippen molar-refractivity contribution in [1.82, 2.24) is 0 Å². The van der Waals surface area contributed by atoms with Gasteiger partial charge in [-0.3, -0.25) is 4.79 Å². The van der Waals surface area contributed by atoms with E-state index in [2.05, 4.69) is 10.1 Å². The Bertz CT molecular complexity index is 962. The van der Waals surface area contributed by atoms with Gasteiger partial charge in [-0.25, -0.2) is 13.6 Å². The molecular weight excluding hydrogens is 382 g/mol. The van der Waals surface area contributed by atoms with Gasteiger partial charge in [-0.15, -0.1) is 0 Å². The van der Waals surface area contributed by atoms with Crippen LogP contribution in [0.1, 0.15) is 5.56 Å². The van der Waals surface area contributed by atoms with Gasteiger partial charge in [-0.2, -0.15) is 8.78 Å². The number of sulfonamides is 1. The zero-order valence-corrected chi connectivity index (χ0v) is 14.9. The average Bonchev–Trinajstić information content (AvgIpc) is 2.59. The first-order valence-electron chi connectivity index (χ1n) is 7.44. The Kier molecular flexibility index (Phi) is 6.48. The zero-order valence-electron chi connectivity index (χ0n) is 14.1. The number of carbonyl (C=O) groups excluding carboxylic acids is 1. The Hall–Kier alpha value is -2.98. The summed E-state index contributed by atoms with van der Waals surface area (Å²) in [6, 6.07) is 9.81. The minimum Gasteiger partial charge on any atom is -0.493 e. The fourth-order valence-electron chi connectivity index (χ4n) is 2.14.